The van der Waals surface area contributed by atoms with E-state index in [9.17, 15) is 18.0 Å². The molecule has 0 atom stereocenters. The molecule has 1 aromatic carbocycles. The Balaban J connectivity index is 1.54. The average Bonchev–Trinajstić information content (AvgIpc) is 3.38. The van der Waals surface area contributed by atoms with Gasteiger partial charge in [0.1, 0.15) is 5.69 Å². The van der Waals surface area contributed by atoms with Gasteiger partial charge < -0.3 is 5.32 Å². The fourth-order valence-corrected chi connectivity index (χ4v) is 3.91. The summed E-state index contributed by atoms with van der Waals surface area (Å²) in [7, 11) is 0. The first kappa shape index (κ1) is 21.6. The molecule has 0 saturated heterocycles. The standard InChI is InChI=1S/C21H17F3N6OS/c1-12-8-13(2)30(29-12)15-5-4-14(16(9-15)21(22,23)24)10-27-19(31)17-11-32-20(28-17)18-25-6-3-7-26-18/h3-9,11H,10H2,1-2H3,(H,27,31). The molecule has 11 heteroatoms. The van der Waals surface area contributed by atoms with Gasteiger partial charge >= 0.3 is 6.18 Å². The van der Waals surface area contributed by atoms with Crippen molar-refractivity contribution in [3.63, 3.8) is 0 Å². The van der Waals surface area contributed by atoms with Gasteiger partial charge in [-0.15, -0.1) is 11.3 Å². The van der Waals surface area contributed by atoms with Crippen molar-refractivity contribution < 1.29 is 18.0 Å². The minimum absolute atomic E-state index is 0.0574. The second-order valence-electron chi connectivity index (χ2n) is 6.97. The molecule has 7 nitrogen and oxygen atoms in total. The highest BCUT2D eigenvalue weighted by molar-refractivity contribution is 7.13. The summed E-state index contributed by atoms with van der Waals surface area (Å²) in [4.78, 5) is 24.8. The molecule has 0 aliphatic rings. The fraction of sp³-hybridized carbons (Fsp3) is 0.190. The maximum absolute atomic E-state index is 13.7. The molecule has 0 aliphatic carbocycles. The lowest BCUT2D eigenvalue weighted by molar-refractivity contribution is -0.138. The van der Waals surface area contributed by atoms with Crippen molar-refractivity contribution in [2.75, 3.05) is 0 Å². The minimum atomic E-state index is -4.59. The summed E-state index contributed by atoms with van der Waals surface area (Å²) in [5.74, 6) is -0.213. The maximum atomic E-state index is 13.7. The normalized spacial score (nSPS) is 11.5. The Bertz CT molecular complexity index is 1270. The van der Waals surface area contributed by atoms with E-state index in [-0.39, 0.29) is 17.8 Å². The number of rotatable bonds is 5. The van der Waals surface area contributed by atoms with Crippen LogP contribution >= 0.6 is 11.3 Å². The van der Waals surface area contributed by atoms with Crippen molar-refractivity contribution in [1.29, 1.82) is 0 Å². The predicted octanol–water partition coefficient (Wildman–Crippen LogP) is 4.35. The number of alkyl halides is 3. The highest BCUT2D eigenvalue weighted by atomic mass is 32.1. The Labute approximate surface area is 185 Å². The number of hydrogen-bond acceptors (Lipinski definition) is 6. The quantitative estimate of drug-likeness (QED) is 0.481. The van der Waals surface area contributed by atoms with Crippen molar-refractivity contribution in [3.8, 4) is 16.5 Å². The molecule has 0 bridgehead atoms. The molecule has 164 valence electrons. The molecular formula is C21H17F3N6OS. The summed E-state index contributed by atoms with van der Waals surface area (Å²) in [6.07, 6.45) is -1.49. The Hall–Kier alpha value is -3.60. The zero-order chi connectivity index (χ0) is 22.9. The van der Waals surface area contributed by atoms with Gasteiger partial charge in [0.2, 0.25) is 0 Å². The number of aryl methyl sites for hydroxylation is 2. The van der Waals surface area contributed by atoms with Gasteiger partial charge in [-0.25, -0.2) is 19.6 Å². The van der Waals surface area contributed by atoms with E-state index in [0.29, 0.717) is 22.2 Å². The summed E-state index contributed by atoms with van der Waals surface area (Å²) >= 11 is 1.18. The third kappa shape index (κ3) is 4.52. The largest absolute Gasteiger partial charge is 0.416 e. The number of amides is 1. The Morgan fingerprint density at radius 3 is 2.56 bits per heavy atom. The second-order valence-corrected chi connectivity index (χ2v) is 7.83. The molecule has 1 N–H and O–H groups in total. The maximum Gasteiger partial charge on any atom is 0.416 e. The van der Waals surface area contributed by atoms with Crippen LogP contribution in [0.25, 0.3) is 16.5 Å². The molecular weight excluding hydrogens is 441 g/mol. The molecule has 3 heterocycles. The van der Waals surface area contributed by atoms with Crippen molar-refractivity contribution >= 4 is 17.2 Å². The lowest BCUT2D eigenvalue weighted by Gasteiger charge is -2.15. The molecule has 0 saturated carbocycles. The van der Waals surface area contributed by atoms with Crippen LogP contribution in [0, 0.1) is 13.8 Å². The van der Waals surface area contributed by atoms with Crippen LogP contribution < -0.4 is 5.32 Å². The van der Waals surface area contributed by atoms with Gasteiger partial charge in [0.05, 0.1) is 16.9 Å². The molecule has 0 aliphatic heterocycles. The van der Waals surface area contributed by atoms with Crippen LogP contribution in [0.4, 0.5) is 13.2 Å². The Morgan fingerprint density at radius 1 is 1.16 bits per heavy atom. The summed E-state index contributed by atoms with van der Waals surface area (Å²) in [5.41, 5.74) is 0.919. The smallest absolute Gasteiger partial charge is 0.347 e. The molecule has 0 fully saturated rings. The van der Waals surface area contributed by atoms with E-state index in [4.69, 9.17) is 0 Å². The van der Waals surface area contributed by atoms with Crippen molar-refractivity contribution in [3.05, 3.63) is 76.3 Å². The number of nitrogens with one attached hydrogen (secondary N) is 1. The lowest BCUT2D eigenvalue weighted by Crippen LogP contribution is -2.25. The van der Waals surface area contributed by atoms with Gasteiger partial charge in [0, 0.05) is 30.0 Å². The van der Waals surface area contributed by atoms with Crippen LogP contribution in [-0.4, -0.2) is 30.6 Å². The number of carbonyl (C=O) groups excluding carboxylic acids is 1. The zero-order valence-corrected chi connectivity index (χ0v) is 17.8. The molecule has 4 rings (SSSR count). The van der Waals surface area contributed by atoms with Crippen LogP contribution in [0.1, 0.15) is 33.0 Å². The third-order valence-corrected chi connectivity index (χ3v) is 5.42. The number of nitrogens with zero attached hydrogens (tertiary/aromatic N) is 5. The lowest BCUT2D eigenvalue weighted by atomic mass is 10.1. The monoisotopic (exact) mass is 458 g/mol. The van der Waals surface area contributed by atoms with Gasteiger partial charge in [-0.05, 0) is 43.7 Å². The van der Waals surface area contributed by atoms with E-state index in [1.165, 1.54) is 27.5 Å². The molecule has 3 aromatic heterocycles. The van der Waals surface area contributed by atoms with Gasteiger partial charge in [0.25, 0.3) is 5.91 Å². The van der Waals surface area contributed by atoms with E-state index >= 15 is 0 Å². The molecule has 1 amide bonds. The zero-order valence-electron chi connectivity index (χ0n) is 17.0. The summed E-state index contributed by atoms with van der Waals surface area (Å²) in [6.45, 7) is 3.23. The third-order valence-electron chi connectivity index (χ3n) is 4.59. The SMILES string of the molecule is Cc1cc(C)n(-c2ccc(CNC(=O)c3csc(-c4ncccn4)n3)c(C(F)(F)F)c2)n1. The first-order valence-electron chi connectivity index (χ1n) is 9.47. The fourth-order valence-electron chi connectivity index (χ4n) is 3.16. The summed E-state index contributed by atoms with van der Waals surface area (Å²) < 4.78 is 42.6. The predicted molar refractivity (Wildman–Crippen MR) is 112 cm³/mol. The highest BCUT2D eigenvalue weighted by Gasteiger charge is 2.34. The van der Waals surface area contributed by atoms with E-state index < -0.39 is 17.6 Å². The molecule has 4 aromatic rings. The number of benzene rings is 1. The van der Waals surface area contributed by atoms with Crippen LogP contribution in [0.15, 0.2) is 48.1 Å². The average molecular weight is 458 g/mol. The summed E-state index contributed by atoms with van der Waals surface area (Å²) in [6, 6.07) is 7.37. The minimum Gasteiger partial charge on any atom is -0.347 e. The first-order chi connectivity index (χ1) is 15.2. The van der Waals surface area contributed by atoms with Crippen molar-refractivity contribution in [1.82, 2.24) is 30.0 Å². The Kier molecular flexibility index (Phi) is 5.74. The molecule has 0 spiro atoms. The van der Waals surface area contributed by atoms with Gasteiger partial charge in [-0.2, -0.15) is 18.3 Å². The number of aromatic nitrogens is 5. The Morgan fingerprint density at radius 2 is 1.91 bits per heavy atom. The number of thiazole rings is 1. The van der Waals surface area contributed by atoms with Crippen LogP contribution in [0.5, 0.6) is 0 Å². The van der Waals surface area contributed by atoms with E-state index in [0.717, 1.165) is 11.8 Å². The van der Waals surface area contributed by atoms with Crippen LogP contribution in [0.3, 0.4) is 0 Å². The van der Waals surface area contributed by atoms with Gasteiger partial charge in [-0.1, -0.05) is 6.07 Å². The van der Waals surface area contributed by atoms with E-state index in [1.54, 1.807) is 44.4 Å². The number of hydrogen-bond donors (Lipinski definition) is 1. The van der Waals surface area contributed by atoms with Crippen molar-refractivity contribution in [2.24, 2.45) is 0 Å². The molecule has 0 radical (unpaired) electrons. The number of halogens is 3. The van der Waals surface area contributed by atoms with E-state index in [2.05, 4.69) is 25.4 Å². The highest BCUT2D eigenvalue weighted by Crippen LogP contribution is 2.33. The number of carbonyl (C=O) groups is 1. The summed E-state index contributed by atoms with van der Waals surface area (Å²) in [5, 5.41) is 8.70. The van der Waals surface area contributed by atoms with Crippen LogP contribution in [-0.2, 0) is 12.7 Å². The molecule has 0 unspecified atom stereocenters. The van der Waals surface area contributed by atoms with Crippen LogP contribution in [0.2, 0.25) is 0 Å². The molecule has 32 heavy (non-hydrogen) atoms. The second kappa shape index (κ2) is 8.50. The van der Waals surface area contributed by atoms with E-state index in [1.807, 2.05) is 0 Å². The van der Waals surface area contributed by atoms with Crippen molar-refractivity contribution in [2.45, 2.75) is 26.6 Å². The van der Waals surface area contributed by atoms with Gasteiger partial charge in [0.15, 0.2) is 10.8 Å². The topological polar surface area (TPSA) is 85.6 Å². The first-order valence-corrected chi connectivity index (χ1v) is 10.4. The van der Waals surface area contributed by atoms with Gasteiger partial charge in [-0.3, -0.25) is 4.79 Å².